The number of thiophene rings is 1. The standard InChI is InChI=1S/C18H15F3N2O5S2/c1-10-12(23-17(28-10)15-4-3-7-29-15)9-16(24)22-13-8-11(5-6-14(13)27-2)30(25,26)18(19,20)21/h3-8H,9H2,1-2H3,(H,22,24). The highest BCUT2D eigenvalue weighted by Gasteiger charge is 2.47. The molecular formula is C18H15F3N2O5S2. The number of carbonyl (C=O) groups excluding carboxylic acids is 1. The second-order valence-electron chi connectivity index (χ2n) is 6.04. The van der Waals surface area contributed by atoms with Crippen molar-refractivity contribution < 1.29 is 35.5 Å². The van der Waals surface area contributed by atoms with Crippen molar-refractivity contribution in [1.29, 1.82) is 0 Å². The molecule has 30 heavy (non-hydrogen) atoms. The van der Waals surface area contributed by atoms with Gasteiger partial charge in [0.15, 0.2) is 0 Å². The summed E-state index contributed by atoms with van der Waals surface area (Å²) in [6, 6.07) is 6.11. The van der Waals surface area contributed by atoms with Crippen molar-refractivity contribution in [3.05, 3.63) is 47.2 Å². The average Bonchev–Trinajstić information content (AvgIpc) is 3.31. The van der Waals surface area contributed by atoms with Crippen LogP contribution in [0, 0.1) is 6.92 Å². The predicted molar refractivity (Wildman–Crippen MR) is 103 cm³/mol. The van der Waals surface area contributed by atoms with Crippen LogP contribution in [-0.2, 0) is 21.1 Å². The lowest BCUT2D eigenvalue weighted by Gasteiger charge is -2.13. The minimum Gasteiger partial charge on any atom is -0.495 e. The number of amides is 1. The summed E-state index contributed by atoms with van der Waals surface area (Å²) < 4.78 is 72.3. The Morgan fingerprint density at radius 1 is 1.30 bits per heavy atom. The van der Waals surface area contributed by atoms with Crippen LogP contribution in [-0.4, -0.2) is 31.9 Å². The summed E-state index contributed by atoms with van der Waals surface area (Å²) in [4.78, 5) is 16.5. The Morgan fingerprint density at radius 2 is 2.03 bits per heavy atom. The number of oxazole rings is 1. The lowest BCUT2D eigenvalue weighted by Crippen LogP contribution is -2.23. The second-order valence-corrected chi connectivity index (χ2v) is 8.92. The highest BCUT2D eigenvalue weighted by molar-refractivity contribution is 7.92. The van der Waals surface area contributed by atoms with Crippen LogP contribution in [0.5, 0.6) is 5.75 Å². The third-order valence-corrected chi connectivity index (χ3v) is 6.35. The first-order valence-electron chi connectivity index (χ1n) is 8.32. The number of aromatic nitrogens is 1. The van der Waals surface area contributed by atoms with Crippen molar-refractivity contribution in [2.75, 3.05) is 12.4 Å². The Hall–Kier alpha value is -2.86. The fourth-order valence-electron chi connectivity index (χ4n) is 2.53. The van der Waals surface area contributed by atoms with E-state index in [4.69, 9.17) is 9.15 Å². The van der Waals surface area contributed by atoms with Crippen LogP contribution in [0.25, 0.3) is 10.8 Å². The molecule has 0 aliphatic carbocycles. The zero-order valence-corrected chi connectivity index (χ0v) is 17.2. The molecule has 0 radical (unpaired) electrons. The third kappa shape index (κ3) is 4.33. The van der Waals surface area contributed by atoms with E-state index >= 15 is 0 Å². The molecule has 12 heteroatoms. The molecule has 0 atom stereocenters. The number of aryl methyl sites for hydroxylation is 1. The lowest BCUT2D eigenvalue weighted by atomic mass is 10.2. The number of benzene rings is 1. The van der Waals surface area contributed by atoms with Gasteiger partial charge in [0.25, 0.3) is 9.84 Å². The number of carbonyl (C=O) groups is 1. The van der Waals surface area contributed by atoms with E-state index in [9.17, 15) is 26.4 Å². The van der Waals surface area contributed by atoms with Gasteiger partial charge in [-0.3, -0.25) is 4.79 Å². The van der Waals surface area contributed by atoms with Gasteiger partial charge in [0, 0.05) is 0 Å². The van der Waals surface area contributed by atoms with E-state index in [0.29, 0.717) is 23.4 Å². The Labute approximate surface area is 173 Å². The number of halogens is 3. The first-order valence-corrected chi connectivity index (χ1v) is 10.7. The van der Waals surface area contributed by atoms with Gasteiger partial charge >= 0.3 is 5.51 Å². The first-order chi connectivity index (χ1) is 14.0. The van der Waals surface area contributed by atoms with Crippen molar-refractivity contribution >= 4 is 32.8 Å². The number of methoxy groups -OCH3 is 1. The Balaban J connectivity index is 1.84. The molecule has 3 rings (SSSR count). The first kappa shape index (κ1) is 21.8. The maximum Gasteiger partial charge on any atom is 0.501 e. The second kappa shape index (κ2) is 8.11. The van der Waals surface area contributed by atoms with Crippen LogP contribution >= 0.6 is 11.3 Å². The molecule has 1 aromatic carbocycles. The van der Waals surface area contributed by atoms with Crippen LogP contribution in [0.4, 0.5) is 18.9 Å². The molecule has 0 spiro atoms. The molecule has 160 valence electrons. The molecule has 0 saturated heterocycles. The summed E-state index contributed by atoms with van der Waals surface area (Å²) in [5.74, 6) is 0.125. The molecule has 2 heterocycles. The van der Waals surface area contributed by atoms with E-state index in [0.717, 1.165) is 17.0 Å². The number of hydrogen-bond acceptors (Lipinski definition) is 7. The molecule has 0 fully saturated rings. The quantitative estimate of drug-likeness (QED) is 0.592. The summed E-state index contributed by atoms with van der Waals surface area (Å²) in [6.07, 6.45) is -0.236. The molecule has 0 bridgehead atoms. The van der Waals surface area contributed by atoms with Crippen molar-refractivity contribution in [3.8, 4) is 16.5 Å². The van der Waals surface area contributed by atoms with Crippen LogP contribution in [0.3, 0.4) is 0 Å². The number of nitrogens with one attached hydrogen (secondary N) is 1. The Bertz CT molecular complexity index is 1170. The number of ether oxygens (including phenoxy) is 1. The zero-order chi connectivity index (χ0) is 22.1. The van der Waals surface area contributed by atoms with Gasteiger partial charge in [-0.15, -0.1) is 11.3 Å². The van der Waals surface area contributed by atoms with Gasteiger partial charge in [0.1, 0.15) is 11.5 Å². The van der Waals surface area contributed by atoms with Gasteiger partial charge in [0.05, 0.1) is 34.7 Å². The third-order valence-electron chi connectivity index (χ3n) is 4.01. The largest absolute Gasteiger partial charge is 0.501 e. The van der Waals surface area contributed by atoms with Crippen molar-refractivity contribution in [1.82, 2.24) is 4.98 Å². The lowest BCUT2D eigenvalue weighted by molar-refractivity contribution is -0.115. The SMILES string of the molecule is COc1ccc(S(=O)(=O)C(F)(F)F)cc1NC(=O)Cc1nc(-c2cccs2)oc1C. The zero-order valence-electron chi connectivity index (χ0n) is 15.6. The minimum absolute atomic E-state index is 0.000578. The Morgan fingerprint density at radius 3 is 2.63 bits per heavy atom. The van der Waals surface area contributed by atoms with E-state index in [-0.39, 0.29) is 17.9 Å². The van der Waals surface area contributed by atoms with Gasteiger partial charge in [0.2, 0.25) is 11.8 Å². The maximum absolute atomic E-state index is 12.8. The van der Waals surface area contributed by atoms with Crippen LogP contribution in [0.15, 0.2) is 45.0 Å². The number of sulfone groups is 1. The topological polar surface area (TPSA) is 98.5 Å². The summed E-state index contributed by atoms with van der Waals surface area (Å²) in [5.41, 5.74) is -5.35. The molecule has 7 nitrogen and oxygen atoms in total. The maximum atomic E-state index is 12.8. The normalized spacial score (nSPS) is 12.0. The molecule has 0 unspecified atom stereocenters. The monoisotopic (exact) mass is 460 g/mol. The molecule has 0 saturated carbocycles. The van der Waals surface area contributed by atoms with Crippen molar-refractivity contribution in [3.63, 3.8) is 0 Å². The smallest absolute Gasteiger partial charge is 0.495 e. The van der Waals surface area contributed by atoms with Gasteiger partial charge < -0.3 is 14.5 Å². The van der Waals surface area contributed by atoms with Crippen LogP contribution < -0.4 is 10.1 Å². The van der Waals surface area contributed by atoms with Gasteiger partial charge in [-0.25, -0.2) is 13.4 Å². The molecule has 2 aromatic heterocycles. The van der Waals surface area contributed by atoms with Crippen molar-refractivity contribution in [2.45, 2.75) is 23.7 Å². The van der Waals surface area contributed by atoms with E-state index in [2.05, 4.69) is 10.3 Å². The van der Waals surface area contributed by atoms with Crippen LogP contribution in [0.2, 0.25) is 0 Å². The number of hydrogen-bond donors (Lipinski definition) is 1. The van der Waals surface area contributed by atoms with E-state index < -0.39 is 26.1 Å². The van der Waals surface area contributed by atoms with Gasteiger partial charge in [-0.05, 0) is 36.6 Å². The predicted octanol–water partition coefficient (Wildman–Crippen LogP) is 4.19. The van der Waals surface area contributed by atoms with Crippen LogP contribution in [0.1, 0.15) is 11.5 Å². The molecule has 3 aromatic rings. The van der Waals surface area contributed by atoms with Crippen molar-refractivity contribution in [2.24, 2.45) is 0 Å². The number of alkyl halides is 3. The number of nitrogens with zero attached hydrogens (tertiary/aromatic N) is 1. The highest BCUT2D eigenvalue weighted by Crippen LogP contribution is 2.35. The highest BCUT2D eigenvalue weighted by atomic mass is 32.2. The summed E-state index contributed by atoms with van der Waals surface area (Å²) >= 11 is 1.41. The summed E-state index contributed by atoms with van der Waals surface area (Å²) in [7, 11) is -4.35. The fraction of sp³-hybridized carbons (Fsp3) is 0.222. The fourth-order valence-corrected chi connectivity index (χ4v) is 3.97. The number of rotatable bonds is 6. The summed E-state index contributed by atoms with van der Waals surface area (Å²) in [6.45, 7) is 1.63. The van der Waals surface area contributed by atoms with E-state index in [1.54, 1.807) is 13.0 Å². The van der Waals surface area contributed by atoms with E-state index in [1.807, 2.05) is 11.4 Å². The summed E-state index contributed by atoms with van der Waals surface area (Å²) in [5, 5.41) is 4.21. The molecule has 0 aliphatic rings. The average molecular weight is 460 g/mol. The minimum atomic E-state index is -5.58. The van der Waals surface area contributed by atoms with Gasteiger partial charge in [-0.2, -0.15) is 13.2 Å². The molecule has 1 N–H and O–H groups in total. The number of anilines is 1. The van der Waals surface area contributed by atoms with E-state index in [1.165, 1.54) is 18.4 Å². The van der Waals surface area contributed by atoms with Gasteiger partial charge in [-0.1, -0.05) is 6.07 Å². The molecule has 1 amide bonds. The Kier molecular flexibility index (Phi) is 5.90. The molecule has 0 aliphatic heterocycles. The molecular weight excluding hydrogens is 445 g/mol.